The van der Waals surface area contributed by atoms with E-state index in [9.17, 15) is 5.11 Å². The molecule has 0 aromatic carbocycles. The molecule has 0 radical (unpaired) electrons. The summed E-state index contributed by atoms with van der Waals surface area (Å²) in [5.41, 5.74) is -0.0248. The van der Waals surface area contributed by atoms with Crippen LogP contribution in [0.2, 0.25) is 0 Å². The molecule has 19 heavy (non-hydrogen) atoms. The zero-order chi connectivity index (χ0) is 13.6. The normalized spacial score (nSPS) is 24.5. The molecule has 0 aliphatic carbocycles. The van der Waals surface area contributed by atoms with Gasteiger partial charge in [-0.05, 0) is 31.9 Å². The number of piperidine rings is 1. The third kappa shape index (κ3) is 3.96. The molecule has 5 nitrogen and oxygen atoms in total. The van der Waals surface area contributed by atoms with E-state index in [1.165, 1.54) is 0 Å². The molecule has 1 N–H and O–H groups in total. The van der Waals surface area contributed by atoms with E-state index in [2.05, 4.69) is 14.9 Å². The Morgan fingerprint density at radius 3 is 2.89 bits per heavy atom. The molecule has 1 aliphatic rings. The highest BCUT2D eigenvalue weighted by molar-refractivity contribution is 4.92. The molecule has 1 atom stereocenters. The molecule has 0 saturated carbocycles. The van der Waals surface area contributed by atoms with E-state index < -0.39 is 0 Å². The Morgan fingerprint density at radius 1 is 1.42 bits per heavy atom. The Hall–Kier alpha value is -1.04. The Bertz CT molecular complexity index is 374. The Morgan fingerprint density at radius 2 is 2.21 bits per heavy atom. The van der Waals surface area contributed by atoms with Gasteiger partial charge in [0.2, 0.25) is 0 Å². The van der Waals surface area contributed by atoms with Crippen molar-refractivity contribution in [3.8, 4) is 0 Å². The van der Waals surface area contributed by atoms with Gasteiger partial charge in [-0.2, -0.15) is 0 Å². The van der Waals surface area contributed by atoms with E-state index in [1.807, 2.05) is 6.07 Å². The highest BCUT2D eigenvalue weighted by Gasteiger charge is 2.34. The molecule has 2 rings (SSSR count). The lowest BCUT2D eigenvalue weighted by atomic mass is 9.78. The first-order chi connectivity index (χ1) is 9.28. The number of rotatable bonds is 6. The lowest BCUT2D eigenvalue weighted by Crippen LogP contribution is -2.45. The average Bonchev–Trinajstić information content (AvgIpc) is 2.46. The van der Waals surface area contributed by atoms with Crippen molar-refractivity contribution in [1.82, 2.24) is 14.9 Å². The number of likely N-dealkylation sites (tertiary alicyclic amines) is 1. The van der Waals surface area contributed by atoms with Gasteiger partial charge >= 0.3 is 0 Å². The van der Waals surface area contributed by atoms with Crippen LogP contribution in [0.3, 0.4) is 0 Å². The van der Waals surface area contributed by atoms with Crippen molar-refractivity contribution in [2.75, 3.05) is 33.4 Å². The van der Waals surface area contributed by atoms with Crippen LogP contribution in [0, 0.1) is 5.41 Å². The Labute approximate surface area is 114 Å². The zero-order valence-electron chi connectivity index (χ0n) is 11.6. The van der Waals surface area contributed by atoms with Crippen LogP contribution in [-0.4, -0.2) is 53.4 Å². The van der Waals surface area contributed by atoms with Gasteiger partial charge in [0.25, 0.3) is 0 Å². The summed E-state index contributed by atoms with van der Waals surface area (Å²) in [7, 11) is 1.71. The maximum atomic E-state index is 9.74. The number of aliphatic hydroxyl groups is 1. The molecule has 1 aromatic heterocycles. The van der Waals surface area contributed by atoms with Gasteiger partial charge in [0.05, 0.1) is 13.2 Å². The summed E-state index contributed by atoms with van der Waals surface area (Å²) in [5, 5.41) is 9.74. The largest absolute Gasteiger partial charge is 0.396 e. The van der Waals surface area contributed by atoms with E-state index in [-0.39, 0.29) is 12.0 Å². The van der Waals surface area contributed by atoms with Crippen molar-refractivity contribution in [2.24, 2.45) is 5.41 Å². The summed E-state index contributed by atoms with van der Waals surface area (Å²) < 4.78 is 5.17. The summed E-state index contributed by atoms with van der Waals surface area (Å²) in [5.74, 6) is 0.850. The second-order valence-electron chi connectivity index (χ2n) is 5.38. The van der Waals surface area contributed by atoms with Crippen molar-refractivity contribution in [1.29, 1.82) is 0 Å². The molecule has 0 spiro atoms. The molecule has 1 saturated heterocycles. The number of aliphatic hydroxyl groups excluding tert-OH is 1. The predicted molar refractivity (Wildman–Crippen MR) is 72.6 cm³/mol. The number of nitrogens with zero attached hydrogens (tertiary/aromatic N) is 3. The van der Waals surface area contributed by atoms with Gasteiger partial charge < -0.3 is 9.84 Å². The molecule has 1 aromatic rings. The molecule has 2 heterocycles. The van der Waals surface area contributed by atoms with Gasteiger partial charge in [0, 0.05) is 38.1 Å². The van der Waals surface area contributed by atoms with Gasteiger partial charge in [0.15, 0.2) is 0 Å². The lowest BCUT2D eigenvalue weighted by molar-refractivity contribution is 0.00396. The van der Waals surface area contributed by atoms with Gasteiger partial charge in [-0.3, -0.25) is 4.90 Å². The molecule has 1 unspecified atom stereocenters. The fourth-order valence-electron chi connectivity index (χ4n) is 2.79. The van der Waals surface area contributed by atoms with E-state index in [1.54, 1.807) is 19.5 Å². The molecule has 1 aliphatic heterocycles. The number of hydrogen-bond acceptors (Lipinski definition) is 5. The van der Waals surface area contributed by atoms with E-state index in [0.717, 1.165) is 44.7 Å². The molecule has 0 amide bonds. The van der Waals surface area contributed by atoms with Crippen molar-refractivity contribution < 1.29 is 9.84 Å². The van der Waals surface area contributed by atoms with Crippen molar-refractivity contribution in [2.45, 2.75) is 25.8 Å². The maximum Gasteiger partial charge on any atom is 0.142 e. The summed E-state index contributed by atoms with van der Waals surface area (Å²) in [6.45, 7) is 3.63. The number of hydrogen-bond donors (Lipinski definition) is 1. The van der Waals surface area contributed by atoms with Crippen LogP contribution >= 0.6 is 0 Å². The fourth-order valence-corrected chi connectivity index (χ4v) is 2.79. The SMILES string of the molecule is COCCC1(CO)CCCN(Cc2ncccn2)C1. The molecule has 1 fully saturated rings. The van der Waals surface area contributed by atoms with E-state index in [4.69, 9.17) is 4.74 Å². The van der Waals surface area contributed by atoms with Crippen molar-refractivity contribution in [3.63, 3.8) is 0 Å². The first-order valence-electron chi connectivity index (χ1n) is 6.86. The van der Waals surface area contributed by atoms with Crippen LogP contribution in [0.25, 0.3) is 0 Å². The first kappa shape index (κ1) is 14.4. The van der Waals surface area contributed by atoms with Crippen LogP contribution in [0.4, 0.5) is 0 Å². The highest BCUT2D eigenvalue weighted by atomic mass is 16.5. The summed E-state index contributed by atoms with van der Waals surface area (Å²) in [6, 6.07) is 1.83. The Kier molecular flexibility index (Phi) is 5.24. The zero-order valence-corrected chi connectivity index (χ0v) is 11.6. The van der Waals surface area contributed by atoms with Crippen LogP contribution in [0.1, 0.15) is 25.1 Å². The quantitative estimate of drug-likeness (QED) is 0.834. The second kappa shape index (κ2) is 6.93. The third-order valence-electron chi connectivity index (χ3n) is 3.90. The molecule has 5 heteroatoms. The van der Waals surface area contributed by atoms with Crippen molar-refractivity contribution in [3.05, 3.63) is 24.3 Å². The molecular weight excluding hydrogens is 242 g/mol. The predicted octanol–water partition coefficient (Wildman–Crippen LogP) is 1.09. The van der Waals surface area contributed by atoms with Gasteiger partial charge in [-0.15, -0.1) is 0 Å². The molecule has 0 bridgehead atoms. The van der Waals surface area contributed by atoms with Gasteiger partial charge in [-0.1, -0.05) is 0 Å². The number of ether oxygens (including phenoxy) is 1. The number of aromatic nitrogens is 2. The van der Waals surface area contributed by atoms with Crippen LogP contribution in [-0.2, 0) is 11.3 Å². The monoisotopic (exact) mass is 265 g/mol. The van der Waals surface area contributed by atoms with Gasteiger partial charge in [0.1, 0.15) is 5.82 Å². The van der Waals surface area contributed by atoms with Crippen molar-refractivity contribution >= 4 is 0 Å². The molecular formula is C14H23N3O2. The third-order valence-corrected chi connectivity index (χ3v) is 3.90. The van der Waals surface area contributed by atoms with Crippen LogP contribution in [0.5, 0.6) is 0 Å². The summed E-state index contributed by atoms with van der Waals surface area (Å²) >= 11 is 0. The average molecular weight is 265 g/mol. The van der Waals surface area contributed by atoms with Crippen LogP contribution in [0.15, 0.2) is 18.5 Å². The minimum Gasteiger partial charge on any atom is -0.396 e. The second-order valence-corrected chi connectivity index (χ2v) is 5.38. The highest BCUT2D eigenvalue weighted by Crippen LogP contribution is 2.33. The summed E-state index contributed by atoms with van der Waals surface area (Å²) in [6.07, 6.45) is 6.63. The smallest absolute Gasteiger partial charge is 0.142 e. The van der Waals surface area contributed by atoms with E-state index in [0.29, 0.717) is 6.61 Å². The first-order valence-corrected chi connectivity index (χ1v) is 6.86. The van der Waals surface area contributed by atoms with Gasteiger partial charge in [-0.25, -0.2) is 9.97 Å². The fraction of sp³-hybridized carbons (Fsp3) is 0.714. The lowest BCUT2D eigenvalue weighted by Gasteiger charge is -2.41. The summed E-state index contributed by atoms with van der Waals surface area (Å²) in [4.78, 5) is 10.9. The van der Waals surface area contributed by atoms with Crippen LogP contribution < -0.4 is 0 Å². The Balaban J connectivity index is 1.95. The topological polar surface area (TPSA) is 58.5 Å². The number of methoxy groups -OCH3 is 1. The standard InChI is InChI=1S/C14H23N3O2/c1-19-9-5-14(12-18)4-2-8-17(11-14)10-13-15-6-3-7-16-13/h3,6-7,18H,2,4-5,8-12H2,1H3. The minimum absolute atomic E-state index is 0.0248. The minimum atomic E-state index is -0.0248. The maximum absolute atomic E-state index is 9.74. The molecule has 106 valence electrons. The van der Waals surface area contributed by atoms with E-state index >= 15 is 0 Å².